The molecule has 2 aliphatic heterocycles. The molecule has 7 heteroatoms. The van der Waals surface area contributed by atoms with Crippen LogP contribution in [0.1, 0.15) is 6.42 Å². The monoisotopic (exact) mass is 365 g/mol. The highest BCUT2D eigenvalue weighted by atomic mass is 16.2. The lowest BCUT2D eigenvalue weighted by molar-refractivity contribution is -0.122. The quantitative estimate of drug-likeness (QED) is 0.894. The van der Waals surface area contributed by atoms with E-state index in [-0.39, 0.29) is 18.4 Å². The van der Waals surface area contributed by atoms with E-state index < -0.39 is 0 Å². The second-order valence-corrected chi connectivity index (χ2v) is 6.85. The van der Waals surface area contributed by atoms with Crippen molar-refractivity contribution >= 4 is 29.0 Å². The summed E-state index contributed by atoms with van der Waals surface area (Å²) < 4.78 is 0. The smallest absolute Gasteiger partial charge is 0.244 e. The van der Waals surface area contributed by atoms with Gasteiger partial charge in [-0.2, -0.15) is 0 Å². The van der Waals surface area contributed by atoms with Crippen LogP contribution in [-0.4, -0.2) is 61.0 Å². The van der Waals surface area contributed by atoms with Crippen LogP contribution in [0.25, 0.3) is 0 Å². The van der Waals surface area contributed by atoms with Gasteiger partial charge < -0.3 is 10.2 Å². The van der Waals surface area contributed by atoms with E-state index >= 15 is 0 Å². The summed E-state index contributed by atoms with van der Waals surface area (Å²) in [4.78, 5) is 35.3. The third-order valence-electron chi connectivity index (χ3n) is 4.99. The summed E-state index contributed by atoms with van der Waals surface area (Å²) in [6.45, 7) is 3.81. The van der Waals surface area contributed by atoms with Gasteiger partial charge in [-0.25, -0.2) is 4.98 Å². The maximum atomic E-state index is 12.9. The molecule has 1 N–H and O–H groups in total. The lowest BCUT2D eigenvalue weighted by Gasteiger charge is -2.31. The standard InChI is InChI=1S/C20H23N5O2/c26-19-14-25(17-7-2-1-6-16(17)22-19)20(27)15-23-10-5-11-24(13-12-23)18-8-3-4-9-21-18/h1-4,6-9H,5,10-15H2,(H,22,26). The maximum absolute atomic E-state index is 12.9. The van der Waals surface area contributed by atoms with E-state index in [1.54, 1.807) is 11.1 Å². The van der Waals surface area contributed by atoms with Crippen molar-refractivity contribution in [2.75, 3.05) is 54.4 Å². The van der Waals surface area contributed by atoms with Crippen LogP contribution in [0.3, 0.4) is 0 Å². The third-order valence-corrected chi connectivity index (χ3v) is 4.99. The highest BCUT2D eigenvalue weighted by Gasteiger charge is 2.28. The first-order chi connectivity index (χ1) is 13.2. The van der Waals surface area contributed by atoms with E-state index in [2.05, 4.69) is 20.1 Å². The zero-order valence-corrected chi connectivity index (χ0v) is 15.2. The number of carbonyl (C=O) groups is 2. The molecule has 1 saturated heterocycles. The molecule has 3 heterocycles. The number of rotatable bonds is 3. The van der Waals surface area contributed by atoms with Crippen LogP contribution in [0.5, 0.6) is 0 Å². The van der Waals surface area contributed by atoms with E-state index in [1.807, 2.05) is 42.5 Å². The Hall–Kier alpha value is -2.93. The molecule has 4 rings (SSSR count). The fraction of sp³-hybridized carbons (Fsp3) is 0.350. The molecule has 1 fully saturated rings. The number of hydrogen-bond donors (Lipinski definition) is 1. The Morgan fingerprint density at radius 1 is 1.04 bits per heavy atom. The number of carbonyl (C=O) groups excluding carboxylic acids is 2. The topological polar surface area (TPSA) is 68.8 Å². The number of anilines is 3. The molecule has 0 radical (unpaired) electrons. The minimum atomic E-state index is -0.153. The van der Waals surface area contributed by atoms with Gasteiger partial charge in [0.1, 0.15) is 12.4 Å². The molecule has 0 bridgehead atoms. The van der Waals surface area contributed by atoms with Gasteiger partial charge in [0.2, 0.25) is 11.8 Å². The summed E-state index contributed by atoms with van der Waals surface area (Å²) in [6, 6.07) is 13.4. The van der Waals surface area contributed by atoms with Crippen molar-refractivity contribution in [3.63, 3.8) is 0 Å². The SMILES string of the molecule is O=C1CN(C(=O)CN2CCCN(c3ccccn3)CC2)c2ccccc2N1. The Labute approximate surface area is 158 Å². The summed E-state index contributed by atoms with van der Waals surface area (Å²) in [7, 11) is 0. The predicted molar refractivity (Wildman–Crippen MR) is 105 cm³/mol. The molecule has 0 spiro atoms. The highest BCUT2D eigenvalue weighted by Crippen LogP contribution is 2.29. The number of hydrogen-bond acceptors (Lipinski definition) is 5. The molecular weight excluding hydrogens is 342 g/mol. The average Bonchev–Trinajstić information content (AvgIpc) is 2.93. The molecule has 2 aliphatic rings. The number of fused-ring (bicyclic) bond motifs is 1. The van der Waals surface area contributed by atoms with Gasteiger partial charge in [0.25, 0.3) is 0 Å². The first kappa shape index (κ1) is 17.5. The summed E-state index contributed by atoms with van der Waals surface area (Å²) in [5, 5.41) is 2.82. The number of amides is 2. The zero-order chi connectivity index (χ0) is 18.6. The minimum Gasteiger partial charge on any atom is -0.355 e. The van der Waals surface area contributed by atoms with Crippen LogP contribution in [0.15, 0.2) is 48.7 Å². The molecule has 0 unspecified atom stereocenters. The number of para-hydroxylation sites is 2. The Kier molecular flexibility index (Phi) is 5.02. The molecule has 0 atom stereocenters. The van der Waals surface area contributed by atoms with E-state index in [1.165, 1.54) is 0 Å². The first-order valence-electron chi connectivity index (χ1n) is 9.28. The third kappa shape index (κ3) is 3.93. The lowest BCUT2D eigenvalue weighted by Crippen LogP contribution is -2.47. The van der Waals surface area contributed by atoms with Gasteiger partial charge in [-0.05, 0) is 30.7 Å². The summed E-state index contributed by atoms with van der Waals surface area (Å²) in [5.74, 6) is 0.787. The summed E-state index contributed by atoms with van der Waals surface area (Å²) in [5.41, 5.74) is 1.46. The molecule has 0 saturated carbocycles. The normalized spacial score (nSPS) is 17.9. The van der Waals surface area contributed by atoms with Crippen LogP contribution in [0.2, 0.25) is 0 Å². The van der Waals surface area contributed by atoms with E-state index in [0.29, 0.717) is 12.2 Å². The van der Waals surface area contributed by atoms with Crippen LogP contribution in [0, 0.1) is 0 Å². The minimum absolute atomic E-state index is 0.0383. The molecule has 2 amide bonds. The number of aromatic nitrogens is 1. The molecule has 1 aromatic carbocycles. The Balaban J connectivity index is 1.41. The van der Waals surface area contributed by atoms with Crippen molar-refractivity contribution in [3.05, 3.63) is 48.7 Å². The second kappa shape index (κ2) is 7.75. The Morgan fingerprint density at radius 2 is 1.89 bits per heavy atom. The average molecular weight is 365 g/mol. The van der Waals surface area contributed by atoms with Crippen molar-refractivity contribution in [1.82, 2.24) is 9.88 Å². The molecule has 2 aromatic rings. The van der Waals surface area contributed by atoms with Crippen LogP contribution < -0.4 is 15.1 Å². The van der Waals surface area contributed by atoms with Gasteiger partial charge in [0.15, 0.2) is 0 Å². The van der Waals surface area contributed by atoms with Gasteiger partial charge in [-0.1, -0.05) is 18.2 Å². The first-order valence-corrected chi connectivity index (χ1v) is 9.28. The van der Waals surface area contributed by atoms with Crippen LogP contribution >= 0.6 is 0 Å². The number of nitrogens with zero attached hydrogens (tertiary/aromatic N) is 4. The van der Waals surface area contributed by atoms with Crippen molar-refractivity contribution in [2.24, 2.45) is 0 Å². The molecule has 1 aromatic heterocycles. The van der Waals surface area contributed by atoms with Gasteiger partial charge in [-0.3, -0.25) is 19.4 Å². The number of nitrogens with one attached hydrogen (secondary N) is 1. The lowest BCUT2D eigenvalue weighted by atomic mass is 10.2. The largest absolute Gasteiger partial charge is 0.355 e. The van der Waals surface area contributed by atoms with E-state index in [0.717, 1.165) is 44.1 Å². The Morgan fingerprint density at radius 3 is 2.74 bits per heavy atom. The van der Waals surface area contributed by atoms with Crippen molar-refractivity contribution < 1.29 is 9.59 Å². The van der Waals surface area contributed by atoms with E-state index in [4.69, 9.17) is 0 Å². The van der Waals surface area contributed by atoms with Crippen LogP contribution in [-0.2, 0) is 9.59 Å². The summed E-state index contributed by atoms with van der Waals surface area (Å²) in [6.07, 6.45) is 2.78. The van der Waals surface area contributed by atoms with Gasteiger partial charge >= 0.3 is 0 Å². The predicted octanol–water partition coefficient (Wildman–Crippen LogP) is 1.58. The Bertz CT molecular complexity index is 826. The van der Waals surface area contributed by atoms with E-state index in [9.17, 15) is 9.59 Å². The second-order valence-electron chi connectivity index (χ2n) is 6.85. The molecule has 27 heavy (non-hydrogen) atoms. The fourth-order valence-electron chi connectivity index (χ4n) is 3.63. The van der Waals surface area contributed by atoms with Crippen molar-refractivity contribution in [3.8, 4) is 0 Å². The van der Waals surface area contributed by atoms with Gasteiger partial charge in [0, 0.05) is 32.4 Å². The van der Waals surface area contributed by atoms with Gasteiger partial charge in [0.05, 0.1) is 17.9 Å². The highest BCUT2D eigenvalue weighted by molar-refractivity contribution is 6.10. The van der Waals surface area contributed by atoms with Gasteiger partial charge in [-0.15, -0.1) is 0 Å². The summed E-state index contributed by atoms with van der Waals surface area (Å²) >= 11 is 0. The van der Waals surface area contributed by atoms with Crippen molar-refractivity contribution in [2.45, 2.75) is 6.42 Å². The fourth-order valence-corrected chi connectivity index (χ4v) is 3.63. The van der Waals surface area contributed by atoms with Crippen LogP contribution in [0.4, 0.5) is 17.2 Å². The number of pyridine rings is 1. The zero-order valence-electron chi connectivity index (χ0n) is 15.2. The number of benzene rings is 1. The van der Waals surface area contributed by atoms with Crippen molar-refractivity contribution in [1.29, 1.82) is 0 Å². The molecule has 7 nitrogen and oxygen atoms in total. The molecular formula is C20H23N5O2. The molecule has 0 aliphatic carbocycles. The molecule has 140 valence electrons. The maximum Gasteiger partial charge on any atom is 0.244 e.